The average Bonchev–Trinajstić information content (AvgIpc) is 2.51. The van der Waals surface area contributed by atoms with Crippen LogP contribution in [0.5, 0.6) is 5.75 Å². The van der Waals surface area contributed by atoms with Crippen LogP contribution in [0, 0.1) is 0 Å². The van der Waals surface area contributed by atoms with Gasteiger partial charge in [-0.05, 0) is 45.6 Å². The Morgan fingerprint density at radius 2 is 1.95 bits per heavy atom. The number of methoxy groups -OCH3 is 1. The van der Waals surface area contributed by atoms with E-state index >= 15 is 0 Å². The number of anilines is 3. The van der Waals surface area contributed by atoms with Crippen LogP contribution in [0.25, 0.3) is 0 Å². The molecule has 0 spiro atoms. The molecule has 0 radical (unpaired) electrons. The zero-order valence-corrected chi connectivity index (χ0v) is 13.5. The highest BCUT2D eigenvalue weighted by Crippen LogP contribution is 2.31. The minimum absolute atomic E-state index is 0.655. The van der Waals surface area contributed by atoms with Crippen LogP contribution in [0.15, 0.2) is 36.5 Å². The van der Waals surface area contributed by atoms with Crippen molar-refractivity contribution >= 4 is 17.2 Å². The van der Waals surface area contributed by atoms with Crippen molar-refractivity contribution in [2.45, 2.75) is 12.8 Å². The minimum Gasteiger partial charge on any atom is -0.495 e. The lowest BCUT2D eigenvalue weighted by Crippen LogP contribution is -2.14. The number of nitrogen functional groups attached to an aromatic ring is 1. The number of rotatable bonds is 7. The van der Waals surface area contributed by atoms with Crippen molar-refractivity contribution in [3.63, 3.8) is 0 Å². The first-order chi connectivity index (χ1) is 10.6. The van der Waals surface area contributed by atoms with Crippen molar-refractivity contribution in [2.24, 2.45) is 0 Å². The van der Waals surface area contributed by atoms with Gasteiger partial charge in [-0.25, -0.2) is 4.98 Å². The Balaban J connectivity index is 2.21. The molecule has 5 nitrogen and oxygen atoms in total. The molecule has 22 heavy (non-hydrogen) atoms. The van der Waals surface area contributed by atoms with Gasteiger partial charge in [0.1, 0.15) is 5.75 Å². The van der Waals surface area contributed by atoms with E-state index in [9.17, 15) is 0 Å². The third kappa shape index (κ3) is 4.11. The van der Waals surface area contributed by atoms with Crippen molar-refractivity contribution in [3.8, 4) is 5.75 Å². The molecule has 1 aromatic carbocycles. The summed E-state index contributed by atoms with van der Waals surface area (Å²) in [4.78, 5) is 6.54. The van der Waals surface area contributed by atoms with Crippen LogP contribution in [0.4, 0.5) is 17.2 Å². The van der Waals surface area contributed by atoms with Crippen LogP contribution in [-0.4, -0.2) is 37.6 Å². The second-order valence-electron chi connectivity index (χ2n) is 5.47. The molecule has 0 aliphatic carbocycles. The third-order valence-electron chi connectivity index (χ3n) is 3.48. The van der Waals surface area contributed by atoms with Crippen LogP contribution in [0.1, 0.15) is 12.0 Å². The Bertz CT molecular complexity index is 599. The quantitative estimate of drug-likeness (QED) is 0.823. The van der Waals surface area contributed by atoms with E-state index in [4.69, 9.17) is 10.5 Å². The molecule has 0 unspecified atom stereocenters. The van der Waals surface area contributed by atoms with Gasteiger partial charge in [0, 0.05) is 11.3 Å². The number of nitrogens with two attached hydrogens (primary N) is 1. The summed E-state index contributed by atoms with van der Waals surface area (Å²) in [5, 5.41) is 3.26. The lowest BCUT2D eigenvalue weighted by atomic mass is 10.1. The van der Waals surface area contributed by atoms with Gasteiger partial charge in [-0.1, -0.05) is 18.2 Å². The van der Waals surface area contributed by atoms with Crippen LogP contribution < -0.4 is 15.8 Å². The van der Waals surface area contributed by atoms with Gasteiger partial charge < -0.3 is 20.7 Å². The topological polar surface area (TPSA) is 63.4 Å². The number of para-hydroxylation sites is 1. The zero-order valence-electron chi connectivity index (χ0n) is 13.5. The summed E-state index contributed by atoms with van der Waals surface area (Å²) < 4.78 is 5.41. The van der Waals surface area contributed by atoms with E-state index in [0.29, 0.717) is 11.5 Å². The third-order valence-corrected chi connectivity index (χ3v) is 3.48. The molecule has 0 fully saturated rings. The van der Waals surface area contributed by atoms with Crippen molar-refractivity contribution in [2.75, 3.05) is 38.8 Å². The number of aromatic nitrogens is 1. The van der Waals surface area contributed by atoms with Crippen LogP contribution >= 0.6 is 0 Å². The molecule has 3 N–H and O–H groups in total. The smallest absolute Gasteiger partial charge is 0.154 e. The van der Waals surface area contributed by atoms with E-state index in [1.54, 1.807) is 13.3 Å². The summed E-state index contributed by atoms with van der Waals surface area (Å²) in [6.45, 7) is 1.01. The molecule has 0 aliphatic rings. The highest BCUT2D eigenvalue weighted by Gasteiger charge is 2.13. The highest BCUT2D eigenvalue weighted by molar-refractivity contribution is 5.73. The number of hydrogen-bond donors (Lipinski definition) is 2. The van der Waals surface area contributed by atoms with E-state index in [-0.39, 0.29) is 0 Å². The maximum Gasteiger partial charge on any atom is 0.154 e. The SMILES string of the molecule is COc1cnc(Nc2ccccc2)c(N)c1CCCN(C)C. The predicted molar refractivity (Wildman–Crippen MR) is 91.8 cm³/mol. The maximum absolute atomic E-state index is 6.31. The number of ether oxygens (including phenoxy) is 1. The number of hydrogen-bond acceptors (Lipinski definition) is 5. The molecule has 0 aliphatic heterocycles. The van der Waals surface area contributed by atoms with Crippen molar-refractivity contribution in [1.82, 2.24) is 9.88 Å². The molecule has 0 amide bonds. The molecule has 1 heterocycles. The first kappa shape index (κ1) is 16.1. The summed E-state index contributed by atoms with van der Waals surface area (Å²) in [5.74, 6) is 1.42. The Hall–Kier alpha value is -2.27. The molecule has 0 atom stereocenters. The minimum atomic E-state index is 0.655. The first-order valence-corrected chi connectivity index (χ1v) is 7.40. The molecule has 0 saturated carbocycles. The van der Waals surface area contributed by atoms with Gasteiger partial charge in [-0.2, -0.15) is 0 Å². The maximum atomic E-state index is 6.31. The van der Waals surface area contributed by atoms with E-state index in [1.807, 2.05) is 30.3 Å². The summed E-state index contributed by atoms with van der Waals surface area (Å²) in [5.41, 5.74) is 8.94. The fourth-order valence-electron chi connectivity index (χ4n) is 2.31. The fraction of sp³-hybridized carbons (Fsp3) is 0.353. The molecule has 0 bridgehead atoms. The molecule has 5 heteroatoms. The molecular weight excluding hydrogens is 276 g/mol. The van der Waals surface area contributed by atoms with Gasteiger partial charge in [0.05, 0.1) is 19.0 Å². The zero-order chi connectivity index (χ0) is 15.9. The first-order valence-electron chi connectivity index (χ1n) is 7.40. The van der Waals surface area contributed by atoms with E-state index in [2.05, 4.69) is 29.3 Å². The summed E-state index contributed by atoms with van der Waals surface area (Å²) >= 11 is 0. The summed E-state index contributed by atoms with van der Waals surface area (Å²) in [7, 11) is 5.78. The van der Waals surface area contributed by atoms with E-state index in [0.717, 1.165) is 36.4 Å². The standard InChI is InChI=1S/C17H24N4O/c1-21(2)11-7-10-14-15(22-3)12-19-17(16(14)18)20-13-8-5-4-6-9-13/h4-6,8-9,12H,7,10-11,18H2,1-3H3,(H,19,20). The largest absolute Gasteiger partial charge is 0.495 e. The summed E-state index contributed by atoms with van der Waals surface area (Å²) in [6, 6.07) is 9.89. The Kier molecular flexibility index (Phi) is 5.61. The van der Waals surface area contributed by atoms with Gasteiger partial charge in [-0.3, -0.25) is 0 Å². The van der Waals surface area contributed by atoms with Gasteiger partial charge >= 0.3 is 0 Å². The molecule has 118 valence electrons. The summed E-state index contributed by atoms with van der Waals surface area (Å²) in [6.07, 6.45) is 3.61. The molecule has 2 aromatic rings. The second-order valence-corrected chi connectivity index (χ2v) is 5.47. The van der Waals surface area contributed by atoms with E-state index < -0.39 is 0 Å². The van der Waals surface area contributed by atoms with Gasteiger partial charge in [0.25, 0.3) is 0 Å². The fourth-order valence-corrected chi connectivity index (χ4v) is 2.31. The van der Waals surface area contributed by atoms with Gasteiger partial charge in [0.2, 0.25) is 0 Å². The lowest BCUT2D eigenvalue weighted by Gasteiger charge is -2.16. The van der Waals surface area contributed by atoms with Crippen LogP contribution in [0.2, 0.25) is 0 Å². The second kappa shape index (κ2) is 7.66. The molecule has 1 aromatic heterocycles. The number of nitrogens with one attached hydrogen (secondary N) is 1. The Labute approximate surface area is 132 Å². The number of benzene rings is 1. The normalized spacial score (nSPS) is 10.7. The van der Waals surface area contributed by atoms with E-state index in [1.165, 1.54) is 0 Å². The molecule has 2 rings (SSSR count). The van der Waals surface area contributed by atoms with Gasteiger partial charge in [-0.15, -0.1) is 0 Å². The Morgan fingerprint density at radius 3 is 2.59 bits per heavy atom. The number of nitrogens with zero attached hydrogens (tertiary/aromatic N) is 2. The van der Waals surface area contributed by atoms with Crippen LogP contribution in [0.3, 0.4) is 0 Å². The van der Waals surface area contributed by atoms with Gasteiger partial charge in [0.15, 0.2) is 5.82 Å². The van der Waals surface area contributed by atoms with Crippen molar-refractivity contribution in [1.29, 1.82) is 0 Å². The number of pyridine rings is 1. The Morgan fingerprint density at radius 1 is 1.23 bits per heavy atom. The highest BCUT2D eigenvalue weighted by atomic mass is 16.5. The van der Waals surface area contributed by atoms with Crippen molar-refractivity contribution in [3.05, 3.63) is 42.1 Å². The molecule has 0 saturated heterocycles. The van der Waals surface area contributed by atoms with Crippen LogP contribution in [-0.2, 0) is 6.42 Å². The van der Waals surface area contributed by atoms with Crippen molar-refractivity contribution < 1.29 is 4.74 Å². The monoisotopic (exact) mass is 300 g/mol. The average molecular weight is 300 g/mol. The lowest BCUT2D eigenvalue weighted by molar-refractivity contribution is 0.390. The predicted octanol–water partition coefficient (Wildman–Crippen LogP) is 2.91. The molecular formula is C17H24N4O.